The molecule has 1 aliphatic carbocycles. The van der Waals surface area contributed by atoms with Gasteiger partial charge in [-0.3, -0.25) is 0 Å². The standard InChI is InChI=1S/C31H43NO6/c1-3-36-29(30(33)34)23-26-16-18-27(19-17-26)37-22-21-32(20-10-9-14-25-12-5-4-6-13-25)31(35)38-28-15-8-7-11-24(28)2/h7-8,11,15-19,25,29H,3-6,9-10,12-14,20-23H2,1-2H3,(H,33,34). The number of amides is 1. The summed E-state index contributed by atoms with van der Waals surface area (Å²) in [5.41, 5.74) is 1.78. The van der Waals surface area contributed by atoms with E-state index in [1.165, 1.54) is 38.5 Å². The molecule has 7 heteroatoms. The van der Waals surface area contributed by atoms with Gasteiger partial charge in [0.1, 0.15) is 18.1 Å². The molecule has 0 aliphatic heterocycles. The van der Waals surface area contributed by atoms with Crippen LogP contribution in [0.1, 0.15) is 69.4 Å². The number of hydrogen-bond donors (Lipinski definition) is 1. The Balaban J connectivity index is 1.51. The van der Waals surface area contributed by atoms with Gasteiger partial charge in [-0.25, -0.2) is 9.59 Å². The van der Waals surface area contributed by atoms with Crippen molar-refractivity contribution in [1.82, 2.24) is 4.90 Å². The van der Waals surface area contributed by atoms with Crippen molar-refractivity contribution in [1.29, 1.82) is 0 Å². The van der Waals surface area contributed by atoms with Crippen LogP contribution in [0.4, 0.5) is 4.79 Å². The fourth-order valence-corrected chi connectivity index (χ4v) is 4.96. The van der Waals surface area contributed by atoms with Crippen LogP contribution in [0.25, 0.3) is 0 Å². The monoisotopic (exact) mass is 525 g/mol. The number of unbranched alkanes of at least 4 members (excludes halogenated alkanes) is 1. The van der Waals surface area contributed by atoms with E-state index < -0.39 is 12.1 Å². The van der Waals surface area contributed by atoms with Crippen molar-refractivity contribution < 1.29 is 28.9 Å². The lowest BCUT2D eigenvalue weighted by atomic mass is 9.86. The Labute approximate surface area is 227 Å². The van der Waals surface area contributed by atoms with Gasteiger partial charge in [0.15, 0.2) is 6.10 Å². The van der Waals surface area contributed by atoms with Crippen LogP contribution >= 0.6 is 0 Å². The number of para-hydroxylation sites is 1. The van der Waals surface area contributed by atoms with E-state index in [1.54, 1.807) is 11.8 Å². The number of benzene rings is 2. The molecule has 2 aromatic rings. The summed E-state index contributed by atoms with van der Waals surface area (Å²) < 4.78 is 16.9. The van der Waals surface area contributed by atoms with Crippen molar-refractivity contribution in [3.8, 4) is 11.5 Å². The molecule has 0 heterocycles. The van der Waals surface area contributed by atoms with E-state index in [0.717, 1.165) is 29.9 Å². The first-order valence-electron chi connectivity index (χ1n) is 14.0. The van der Waals surface area contributed by atoms with Crippen LogP contribution in [0.3, 0.4) is 0 Å². The van der Waals surface area contributed by atoms with Crippen molar-refractivity contribution in [2.75, 3.05) is 26.3 Å². The van der Waals surface area contributed by atoms with Gasteiger partial charge in [-0.2, -0.15) is 0 Å². The highest BCUT2D eigenvalue weighted by molar-refractivity contribution is 5.72. The summed E-state index contributed by atoms with van der Waals surface area (Å²) in [6, 6.07) is 14.9. The van der Waals surface area contributed by atoms with Gasteiger partial charge >= 0.3 is 12.1 Å². The van der Waals surface area contributed by atoms with Crippen LogP contribution in [0.5, 0.6) is 11.5 Å². The third kappa shape index (κ3) is 10.0. The summed E-state index contributed by atoms with van der Waals surface area (Å²) in [6.07, 6.45) is 9.12. The molecule has 1 saturated carbocycles. The number of rotatable bonds is 15. The highest BCUT2D eigenvalue weighted by Crippen LogP contribution is 2.28. The lowest BCUT2D eigenvalue weighted by Gasteiger charge is -2.24. The lowest BCUT2D eigenvalue weighted by Crippen LogP contribution is -2.37. The molecular formula is C31H43NO6. The zero-order chi connectivity index (χ0) is 27.2. The van der Waals surface area contributed by atoms with Crippen molar-refractivity contribution in [3.63, 3.8) is 0 Å². The number of ether oxygens (including phenoxy) is 3. The van der Waals surface area contributed by atoms with E-state index in [9.17, 15) is 14.7 Å². The van der Waals surface area contributed by atoms with Crippen LogP contribution in [-0.2, 0) is 16.0 Å². The molecule has 1 N–H and O–H groups in total. The molecule has 208 valence electrons. The fraction of sp³-hybridized carbons (Fsp3) is 0.548. The number of aliphatic carboxylic acids is 1. The number of carbonyl (C=O) groups is 2. The van der Waals surface area contributed by atoms with E-state index in [2.05, 4.69) is 0 Å². The van der Waals surface area contributed by atoms with Crippen LogP contribution in [0.2, 0.25) is 0 Å². The second kappa shape index (κ2) is 16.0. The van der Waals surface area contributed by atoms with Crippen LogP contribution in [0.15, 0.2) is 48.5 Å². The predicted molar refractivity (Wildman–Crippen MR) is 148 cm³/mol. The first-order valence-corrected chi connectivity index (χ1v) is 14.0. The molecule has 0 spiro atoms. The van der Waals surface area contributed by atoms with Crippen molar-refractivity contribution in [3.05, 3.63) is 59.7 Å². The molecule has 1 unspecified atom stereocenters. The second-order valence-electron chi connectivity index (χ2n) is 10.1. The van der Waals surface area contributed by atoms with Crippen molar-refractivity contribution in [2.45, 2.75) is 77.7 Å². The first-order chi connectivity index (χ1) is 18.5. The zero-order valence-corrected chi connectivity index (χ0v) is 22.9. The third-order valence-corrected chi connectivity index (χ3v) is 7.18. The summed E-state index contributed by atoms with van der Waals surface area (Å²) in [5.74, 6) is 1.11. The van der Waals surface area contributed by atoms with Gasteiger partial charge in [0.2, 0.25) is 0 Å². The molecule has 0 aromatic heterocycles. The molecule has 7 nitrogen and oxygen atoms in total. The zero-order valence-electron chi connectivity index (χ0n) is 22.9. The minimum atomic E-state index is -0.969. The fourth-order valence-electron chi connectivity index (χ4n) is 4.96. The van der Waals surface area contributed by atoms with Crippen LogP contribution < -0.4 is 9.47 Å². The normalized spacial score (nSPS) is 14.6. The summed E-state index contributed by atoms with van der Waals surface area (Å²) in [5, 5.41) is 9.29. The highest BCUT2D eigenvalue weighted by Gasteiger charge is 2.19. The van der Waals surface area contributed by atoms with Gasteiger partial charge in [-0.15, -0.1) is 0 Å². The quantitative estimate of drug-likeness (QED) is 0.262. The number of aryl methyl sites for hydroxylation is 1. The molecule has 38 heavy (non-hydrogen) atoms. The van der Waals surface area contributed by atoms with Gasteiger partial charge < -0.3 is 24.2 Å². The van der Waals surface area contributed by atoms with E-state index in [1.807, 2.05) is 55.5 Å². The van der Waals surface area contributed by atoms with Crippen LogP contribution in [0, 0.1) is 12.8 Å². The minimum Gasteiger partial charge on any atom is -0.492 e. The molecule has 1 amide bonds. The molecule has 3 rings (SSSR count). The summed E-state index contributed by atoms with van der Waals surface area (Å²) >= 11 is 0. The summed E-state index contributed by atoms with van der Waals surface area (Å²) in [7, 11) is 0. The molecular weight excluding hydrogens is 482 g/mol. The van der Waals surface area contributed by atoms with E-state index in [0.29, 0.717) is 44.2 Å². The van der Waals surface area contributed by atoms with E-state index in [4.69, 9.17) is 14.2 Å². The van der Waals surface area contributed by atoms with Crippen molar-refractivity contribution >= 4 is 12.1 Å². The number of carboxylic acid groups (broad SMARTS) is 1. The molecule has 0 bridgehead atoms. The maximum atomic E-state index is 13.0. The number of nitrogens with zero attached hydrogens (tertiary/aromatic N) is 1. The van der Waals surface area contributed by atoms with Crippen LogP contribution in [-0.4, -0.2) is 54.5 Å². The van der Waals surface area contributed by atoms with Gasteiger partial charge in [0, 0.05) is 19.6 Å². The Hall–Kier alpha value is -3.06. The first kappa shape index (κ1) is 29.5. The molecule has 0 saturated heterocycles. The largest absolute Gasteiger partial charge is 0.492 e. The van der Waals surface area contributed by atoms with Gasteiger partial charge in [-0.05, 0) is 55.5 Å². The smallest absolute Gasteiger partial charge is 0.415 e. The molecule has 0 radical (unpaired) electrons. The highest BCUT2D eigenvalue weighted by atomic mass is 16.6. The average molecular weight is 526 g/mol. The second-order valence-corrected chi connectivity index (χ2v) is 10.1. The SMILES string of the molecule is CCOC(Cc1ccc(OCCN(CCCCC2CCCCC2)C(=O)Oc2ccccc2C)cc1)C(=O)O. The number of carbonyl (C=O) groups excluding carboxylic acids is 1. The molecule has 1 fully saturated rings. The summed E-state index contributed by atoms with van der Waals surface area (Å²) in [6.45, 7) is 5.44. The summed E-state index contributed by atoms with van der Waals surface area (Å²) in [4.78, 5) is 26.1. The Morgan fingerprint density at radius 3 is 2.42 bits per heavy atom. The van der Waals surface area contributed by atoms with Gasteiger partial charge in [0.25, 0.3) is 0 Å². The lowest BCUT2D eigenvalue weighted by molar-refractivity contribution is -0.149. The average Bonchev–Trinajstić information content (AvgIpc) is 2.92. The number of carboxylic acids is 1. The predicted octanol–water partition coefficient (Wildman–Crippen LogP) is 6.66. The maximum Gasteiger partial charge on any atom is 0.415 e. The molecule has 1 aliphatic rings. The maximum absolute atomic E-state index is 13.0. The minimum absolute atomic E-state index is 0.294. The Kier molecular flexibility index (Phi) is 12.4. The molecule has 1 atom stereocenters. The van der Waals surface area contributed by atoms with E-state index >= 15 is 0 Å². The van der Waals surface area contributed by atoms with Crippen molar-refractivity contribution in [2.24, 2.45) is 5.92 Å². The van der Waals surface area contributed by atoms with E-state index in [-0.39, 0.29) is 6.09 Å². The Bertz CT molecular complexity index is 986. The topological polar surface area (TPSA) is 85.3 Å². The van der Waals surface area contributed by atoms with Gasteiger partial charge in [0.05, 0.1) is 6.54 Å². The Morgan fingerprint density at radius 1 is 1.00 bits per heavy atom. The number of hydrogen-bond acceptors (Lipinski definition) is 5. The Morgan fingerprint density at radius 2 is 1.74 bits per heavy atom. The third-order valence-electron chi connectivity index (χ3n) is 7.18. The van der Waals surface area contributed by atoms with Gasteiger partial charge in [-0.1, -0.05) is 75.3 Å². The molecule has 2 aromatic carbocycles.